The molecule has 0 saturated heterocycles. The Morgan fingerprint density at radius 2 is 2.00 bits per heavy atom. The number of nitrogens with one attached hydrogen (secondary N) is 1. The average Bonchev–Trinajstić information content (AvgIpc) is 3.16. The summed E-state index contributed by atoms with van der Waals surface area (Å²) in [4.78, 5) is 2.42. The third-order valence-corrected chi connectivity index (χ3v) is 3.99. The Kier molecular flexibility index (Phi) is 2.83. The van der Waals surface area contributed by atoms with Crippen molar-refractivity contribution in [2.24, 2.45) is 0 Å². The van der Waals surface area contributed by atoms with Crippen molar-refractivity contribution in [2.75, 3.05) is 11.9 Å². The van der Waals surface area contributed by atoms with Crippen LogP contribution in [-0.4, -0.2) is 19.1 Å². The van der Waals surface area contributed by atoms with Gasteiger partial charge in [0.25, 0.3) is 0 Å². The van der Waals surface area contributed by atoms with Gasteiger partial charge in [-0.25, -0.2) is 0 Å². The van der Waals surface area contributed by atoms with Gasteiger partial charge >= 0.3 is 0 Å². The highest BCUT2D eigenvalue weighted by Crippen LogP contribution is 2.31. The van der Waals surface area contributed by atoms with E-state index < -0.39 is 0 Å². The lowest BCUT2D eigenvalue weighted by molar-refractivity contribution is 0.685. The van der Waals surface area contributed by atoms with Gasteiger partial charge in [0.1, 0.15) is 0 Å². The maximum atomic E-state index is 3.58. The minimum absolute atomic E-state index is 0.795. The number of aryl methyl sites for hydroxylation is 1. The Balaban J connectivity index is 1.68. The molecule has 2 heteroatoms. The highest BCUT2D eigenvalue weighted by Gasteiger charge is 2.26. The van der Waals surface area contributed by atoms with Crippen LogP contribution in [0.1, 0.15) is 36.8 Å². The van der Waals surface area contributed by atoms with Crippen LogP contribution < -0.4 is 10.2 Å². The summed E-state index contributed by atoms with van der Waals surface area (Å²) in [5, 5.41) is 3.58. The lowest BCUT2D eigenvalue weighted by Gasteiger charge is -2.20. The summed E-state index contributed by atoms with van der Waals surface area (Å²) in [5.41, 5.74) is 4.24. The van der Waals surface area contributed by atoms with E-state index in [0.717, 1.165) is 18.6 Å². The average molecular weight is 230 g/mol. The Morgan fingerprint density at radius 1 is 1.24 bits per heavy atom. The van der Waals surface area contributed by atoms with Crippen molar-refractivity contribution in [3.8, 4) is 0 Å². The third-order valence-electron chi connectivity index (χ3n) is 3.99. The Morgan fingerprint density at radius 3 is 2.59 bits per heavy atom. The molecule has 92 valence electrons. The van der Waals surface area contributed by atoms with E-state index >= 15 is 0 Å². The zero-order valence-electron chi connectivity index (χ0n) is 10.9. The second kappa shape index (κ2) is 4.34. The zero-order valence-corrected chi connectivity index (χ0v) is 10.9. The first-order valence-electron chi connectivity index (χ1n) is 6.80. The van der Waals surface area contributed by atoms with Gasteiger partial charge in [-0.2, -0.15) is 0 Å². The molecule has 0 spiro atoms. The number of hydrogen-bond donors (Lipinski definition) is 1. The number of anilines is 1. The van der Waals surface area contributed by atoms with Crippen LogP contribution in [0.2, 0.25) is 0 Å². The van der Waals surface area contributed by atoms with Crippen LogP contribution in [0.3, 0.4) is 0 Å². The summed E-state index contributed by atoms with van der Waals surface area (Å²) in [6.45, 7) is 3.26. The van der Waals surface area contributed by atoms with Crippen LogP contribution >= 0.6 is 0 Å². The van der Waals surface area contributed by atoms with Gasteiger partial charge in [-0.1, -0.05) is 6.07 Å². The molecule has 2 aliphatic carbocycles. The molecule has 0 bridgehead atoms. The van der Waals surface area contributed by atoms with Gasteiger partial charge < -0.3 is 10.2 Å². The van der Waals surface area contributed by atoms with Crippen LogP contribution in [0.4, 0.5) is 5.69 Å². The number of nitrogens with zero attached hydrogens (tertiary/aromatic N) is 1. The van der Waals surface area contributed by atoms with E-state index in [2.05, 4.69) is 42.4 Å². The Labute approximate surface area is 104 Å². The molecule has 3 rings (SSSR count). The molecule has 2 aliphatic rings. The smallest absolute Gasteiger partial charge is 0.0368 e. The number of rotatable bonds is 5. The molecular weight excluding hydrogens is 208 g/mol. The van der Waals surface area contributed by atoms with Crippen molar-refractivity contribution in [3.63, 3.8) is 0 Å². The highest BCUT2D eigenvalue weighted by atomic mass is 15.2. The molecule has 0 amide bonds. The van der Waals surface area contributed by atoms with Gasteiger partial charge in [0.05, 0.1) is 0 Å². The molecule has 17 heavy (non-hydrogen) atoms. The molecule has 2 fully saturated rings. The summed E-state index contributed by atoms with van der Waals surface area (Å²) in [7, 11) is 2.22. The van der Waals surface area contributed by atoms with Crippen molar-refractivity contribution in [2.45, 2.75) is 51.2 Å². The number of benzene rings is 1. The highest BCUT2D eigenvalue weighted by molar-refractivity contribution is 5.51. The summed E-state index contributed by atoms with van der Waals surface area (Å²) in [5.74, 6) is 0. The van der Waals surface area contributed by atoms with Crippen LogP contribution in [0.5, 0.6) is 0 Å². The largest absolute Gasteiger partial charge is 0.372 e. The van der Waals surface area contributed by atoms with Crippen LogP contribution in [0.15, 0.2) is 18.2 Å². The maximum absolute atomic E-state index is 3.58. The molecule has 2 nitrogen and oxygen atoms in total. The van der Waals surface area contributed by atoms with Crippen LogP contribution in [0, 0.1) is 6.92 Å². The van der Waals surface area contributed by atoms with Gasteiger partial charge in [0.15, 0.2) is 0 Å². The fraction of sp³-hybridized carbons (Fsp3) is 0.600. The molecular formula is C15H22N2. The standard InChI is InChI=1S/C15H22N2/c1-11-9-15(17(2)14-7-8-14)6-3-12(11)10-16-13-4-5-13/h3,6,9,13-14,16H,4-5,7-8,10H2,1-2H3. The third kappa shape index (κ3) is 2.63. The van der Waals surface area contributed by atoms with E-state index in [4.69, 9.17) is 0 Å². The molecule has 0 atom stereocenters. The SMILES string of the molecule is Cc1cc(N(C)C2CC2)ccc1CNC1CC1. The quantitative estimate of drug-likeness (QED) is 0.836. The molecule has 0 radical (unpaired) electrons. The van der Waals surface area contributed by atoms with Gasteiger partial charge in [-0.3, -0.25) is 0 Å². The van der Waals surface area contributed by atoms with Crippen LogP contribution in [-0.2, 0) is 6.54 Å². The fourth-order valence-corrected chi connectivity index (χ4v) is 2.31. The van der Waals surface area contributed by atoms with E-state index in [1.165, 1.54) is 42.5 Å². The van der Waals surface area contributed by atoms with E-state index in [9.17, 15) is 0 Å². The fourth-order valence-electron chi connectivity index (χ4n) is 2.31. The minimum Gasteiger partial charge on any atom is -0.372 e. The van der Waals surface area contributed by atoms with E-state index in [1.54, 1.807) is 0 Å². The lowest BCUT2D eigenvalue weighted by atomic mass is 10.1. The monoisotopic (exact) mass is 230 g/mol. The van der Waals surface area contributed by atoms with Crippen molar-refractivity contribution >= 4 is 5.69 Å². The van der Waals surface area contributed by atoms with E-state index in [-0.39, 0.29) is 0 Å². The summed E-state index contributed by atoms with van der Waals surface area (Å²) in [6, 6.07) is 8.49. The lowest BCUT2D eigenvalue weighted by Crippen LogP contribution is -2.20. The van der Waals surface area contributed by atoms with E-state index in [1.807, 2.05) is 0 Å². The molecule has 1 N–H and O–H groups in total. The number of hydrogen-bond acceptors (Lipinski definition) is 2. The molecule has 2 saturated carbocycles. The van der Waals surface area contributed by atoms with Gasteiger partial charge in [-0.15, -0.1) is 0 Å². The Hall–Kier alpha value is -1.02. The predicted octanol–water partition coefficient (Wildman–Crippen LogP) is 2.85. The molecule has 0 aliphatic heterocycles. The molecule has 0 unspecified atom stereocenters. The van der Waals surface area contributed by atoms with E-state index in [0.29, 0.717) is 0 Å². The summed E-state index contributed by atoms with van der Waals surface area (Å²) >= 11 is 0. The first-order chi connectivity index (χ1) is 8.24. The van der Waals surface area contributed by atoms with Gasteiger partial charge in [0, 0.05) is 31.4 Å². The first-order valence-corrected chi connectivity index (χ1v) is 6.80. The molecule has 1 aromatic carbocycles. The van der Waals surface area contributed by atoms with Gasteiger partial charge in [0.2, 0.25) is 0 Å². The van der Waals surface area contributed by atoms with Crippen molar-refractivity contribution < 1.29 is 0 Å². The second-order valence-electron chi connectivity index (χ2n) is 5.61. The summed E-state index contributed by atoms with van der Waals surface area (Å²) < 4.78 is 0. The normalized spacial score (nSPS) is 19.4. The minimum atomic E-state index is 0.795. The first kappa shape index (κ1) is 11.1. The van der Waals surface area contributed by atoms with Crippen LogP contribution in [0.25, 0.3) is 0 Å². The topological polar surface area (TPSA) is 15.3 Å². The predicted molar refractivity (Wildman–Crippen MR) is 72.5 cm³/mol. The molecule has 1 aromatic rings. The van der Waals surface area contributed by atoms with Crippen molar-refractivity contribution in [1.82, 2.24) is 5.32 Å². The molecule has 0 heterocycles. The zero-order chi connectivity index (χ0) is 11.8. The van der Waals surface area contributed by atoms with Crippen molar-refractivity contribution in [1.29, 1.82) is 0 Å². The molecule has 0 aromatic heterocycles. The second-order valence-corrected chi connectivity index (χ2v) is 5.61. The Bertz CT molecular complexity index is 405. The van der Waals surface area contributed by atoms with Crippen molar-refractivity contribution in [3.05, 3.63) is 29.3 Å². The van der Waals surface area contributed by atoms with Gasteiger partial charge in [-0.05, 0) is 55.9 Å². The summed E-state index contributed by atoms with van der Waals surface area (Å²) in [6.07, 6.45) is 5.45. The maximum Gasteiger partial charge on any atom is 0.0368 e.